The van der Waals surface area contributed by atoms with Crippen molar-refractivity contribution in [2.24, 2.45) is 15.9 Å². The van der Waals surface area contributed by atoms with Crippen LogP contribution < -0.4 is 20.7 Å². The smallest absolute Gasteiger partial charge is 0.257 e. The monoisotopic (exact) mass is 507 g/mol. The van der Waals surface area contributed by atoms with Gasteiger partial charge in [0.15, 0.2) is 0 Å². The second-order valence-electron chi connectivity index (χ2n) is 8.15. The lowest BCUT2D eigenvalue weighted by atomic mass is 9.91. The van der Waals surface area contributed by atoms with E-state index in [1.54, 1.807) is 11.6 Å². The number of aromatic nitrogens is 2. The number of carbonyl (C=O) groups excluding carboxylic acids is 1. The van der Waals surface area contributed by atoms with Gasteiger partial charge in [-0.3, -0.25) is 10.1 Å². The van der Waals surface area contributed by atoms with Crippen LogP contribution in [0.4, 0.5) is 10.8 Å². The van der Waals surface area contributed by atoms with E-state index in [-0.39, 0.29) is 18.4 Å². The van der Waals surface area contributed by atoms with Crippen molar-refractivity contribution in [1.29, 1.82) is 0 Å². The number of ether oxygens (including phenoxy) is 1. The van der Waals surface area contributed by atoms with Crippen molar-refractivity contribution < 1.29 is 9.53 Å². The van der Waals surface area contributed by atoms with E-state index in [0.717, 1.165) is 11.4 Å². The molecule has 0 saturated carbocycles. The van der Waals surface area contributed by atoms with E-state index >= 15 is 0 Å². The molecule has 9 nitrogen and oxygen atoms in total. The molecule has 0 radical (unpaired) electrons. The van der Waals surface area contributed by atoms with Crippen LogP contribution in [0.15, 0.2) is 75.3 Å². The molecule has 0 bridgehead atoms. The fourth-order valence-corrected chi connectivity index (χ4v) is 4.53. The lowest BCUT2D eigenvalue weighted by Crippen LogP contribution is -2.37. The molecule has 2 aromatic carbocycles. The molecule has 2 aliphatic heterocycles. The van der Waals surface area contributed by atoms with Gasteiger partial charge in [0.05, 0.1) is 11.3 Å². The summed E-state index contributed by atoms with van der Waals surface area (Å²) in [5, 5.41) is 18.0. The minimum absolute atomic E-state index is 0.0304. The van der Waals surface area contributed by atoms with Crippen LogP contribution in [0.3, 0.4) is 0 Å². The molecule has 1 aromatic heterocycles. The highest BCUT2D eigenvalue weighted by atomic mass is 35.5. The SMILES string of the molecule is CC(C)C1=C(C(=O)Nc2nncs2)C(c2ccccc2Cl)N=C(N=C2COc3ccccc3N2)N1. The number of amidine groups is 1. The van der Waals surface area contributed by atoms with Crippen molar-refractivity contribution in [2.75, 3.05) is 17.2 Å². The van der Waals surface area contributed by atoms with Crippen LogP contribution in [0, 0.1) is 5.92 Å². The number of para-hydroxylation sites is 2. The highest BCUT2D eigenvalue weighted by molar-refractivity contribution is 7.13. The number of carbonyl (C=O) groups is 1. The molecule has 0 fully saturated rings. The Balaban J connectivity index is 1.55. The first-order valence-electron chi connectivity index (χ1n) is 11.0. The first kappa shape index (κ1) is 23.0. The summed E-state index contributed by atoms with van der Waals surface area (Å²) in [6, 6.07) is 14.3. The molecule has 1 atom stereocenters. The normalized spacial score (nSPS) is 18.3. The lowest BCUT2D eigenvalue weighted by Gasteiger charge is -2.29. The highest BCUT2D eigenvalue weighted by Gasteiger charge is 2.33. The largest absolute Gasteiger partial charge is 0.484 e. The molecule has 5 rings (SSSR count). The number of allylic oxidation sites excluding steroid dienone is 1. The Hall–Kier alpha value is -3.76. The first-order chi connectivity index (χ1) is 17.0. The predicted molar refractivity (Wildman–Crippen MR) is 138 cm³/mol. The number of hydrogen-bond donors (Lipinski definition) is 3. The number of aliphatic imine (C=N–C) groups is 2. The van der Waals surface area contributed by atoms with Crippen molar-refractivity contribution in [3.63, 3.8) is 0 Å². The molecule has 1 unspecified atom stereocenters. The van der Waals surface area contributed by atoms with E-state index in [1.165, 1.54) is 11.3 Å². The summed E-state index contributed by atoms with van der Waals surface area (Å²) < 4.78 is 5.82. The second-order valence-corrected chi connectivity index (χ2v) is 9.39. The molecule has 3 heterocycles. The van der Waals surface area contributed by atoms with Gasteiger partial charge in [0.2, 0.25) is 11.1 Å². The van der Waals surface area contributed by atoms with Crippen molar-refractivity contribution in [1.82, 2.24) is 15.5 Å². The molecule has 178 valence electrons. The van der Waals surface area contributed by atoms with Gasteiger partial charge >= 0.3 is 0 Å². The number of fused-ring (bicyclic) bond motifs is 1. The highest BCUT2D eigenvalue weighted by Crippen LogP contribution is 2.37. The van der Waals surface area contributed by atoms with E-state index < -0.39 is 6.04 Å². The molecule has 35 heavy (non-hydrogen) atoms. The van der Waals surface area contributed by atoms with E-state index in [2.05, 4.69) is 26.1 Å². The van der Waals surface area contributed by atoms with Gasteiger partial charge in [0.1, 0.15) is 29.7 Å². The van der Waals surface area contributed by atoms with Crippen molar-refractivity contribution in [3.05, 3.63) is 75.9 Å². The Morgan fingerprint density at radius 2 is 2.00 bits per heavy atom. The molecule has 2 aliphatic rings. The molecule has 0 saturated heterocycles. The van der Waals surface area contributed by atoms with Crippen molar-refractivity contribution in [3.8, 4) is 5.75 Å². The standard InChI is InChI=1S/C24H22ClN7O2S/c1-13(2)20-19(22(33)31-24-32-26-12-35-24)21(14-7-3-4-8-15(14)25)30-23(29-20)28-18-11-34-17-10-6-5-9-16(17)27-18/h3-10,12-13,21H,11H2,1-2H3,(H,31,32,33)(H2,27,28,29,30). The molecule has 11 heteroatoms. The third-order valence-corrected chi connectivity index (χ3v) is 6.39. The van der Waals surface area contributed by atoms with E-state index in [0.29, 0.717) is 38.8 Å². The molecular weight excluding hydrogens is 486 g/mol. The van der Waals surface area contributed by atoms with Crippen LogP contribution >= 0.6 is 22.9 Å². The summed E-state index contributed by atoms with van der Waals surface area (Å²) in [5.74, 6) is 1.36. The number of anilines is 2. The van der Waals surface area contributed by atoms with E-state index in [1.807, 2.05) is 56.3 Å². The summed E-state index contributed by atoms with van der Waals surface area (Å²) in [6.07, 6.45) is 0. The Morgan fingerprint density at radius 3 is 2.77 bits per heavy atom. The van der Waals surface area contributed by atoms with Crippen LogP contribution in [0.2, 0.25) is 5.02 Å². The summed E-state index contributed by atoms with van der Waals surface area (Å²) >= 11 is 7.80. The number of halogens is 1. The number of rotatable bonds is 4. The molecule has 0 aliphatic carbocycles. The summed E-state index contributed by atoms with van der Waals surface area (Å²) in [5.41, 5.74) is 4.23. The first-order valence-corrected chi connectivity index (χ1v) is 12.2. The summed E-state index contributed by atoms with van der Waals surface area (Å²) in [7, 11) is 0. The van der Waals surface area contributed by atoms with Crippen LogP contribution in [0.5, 0.6) is 5.75 Å². The third kappa shape index (κ3) is 4.89. The van der Waals surface area contributed by atoms with Crippen molar-refractivity contribution in [2.45, 2.75) is 19.9 Å². The Labute approximate surface area is 211 Å². The molecular formula is C24H22ClN7O2S. The number of hydrogen-bond acceptors (Lipinski definition) is 8. The lowest BCUT2D eigenvalue weighted by molar-refractivity contribution is -0.113. The summed E-state index contributed by atoms with van der Waals surface area (Å²) in [4.78, 5) is 23.0. The number of benzene rings is 2. The molecule has 0 spiro atoms. The predicted octanol–water partition coefficient (Wildman–Crippen LogP) is 4.64. The maximum Gasteiger partial charge on any atom is 0.257 e. The fourth-order valence-electron chi connectivity index (χ4n) is 3.85. The maximum atomic E-state index is 13.5. The average molecular weight is 508 g/mol. The third-order valence-electron chi connectivity index (χ3n) is 5.44. The zero-order valence-corrected chi connectivity index (χ0v) is 20.5. The quantitative estimate of drug-likeness (QED) is 0.474. The second kappa shape index (κ2) is 9.85. The van der Waals surface area contributed by atoms with Gasteiger partial charge in [-0.25, -0.2) is 4.99 Å². The summed E-state index contributed by atoms with van der Waals surface area (Å²) in [6.45, 7) is 4.26. The van der Waals surface area contributed by atoms with Crippen LogP contribution in [0.1, 0.15) is 25.5 Å². The zero-order chi connectivity index (χ0) is 24.4. The molecule has 3 N–H and O–H groups in total. The maximum absolute atomic E-state index is 13.5. The van der Waals surface area contributed by atoms with Crippen LogP contribution in [-0.4, -0.2) is 34.5 Å². The van der Waals surface area contributed by atoms with E-state index in [9.17, 15) is 4.79 Å². The number of guanidine groups is 1. The van der Waals surface area contributed by atoms with Crippen LogP contribution in [-0.2, 0) is 4.79 Å². The minimum atomic E-state index is -0.675. The number of amides is 1. The van der Waals surface area contributed by atoms with E-state index in [4.69, 9.17) is 26.3 Å². The Kier molecular flexibility index (Phi) is 6.47. The fraction of sp³-hybridized carbons (Fsp3) is 0.208. The van der Waals surface area contributed by atoms with Gasteiger partial charge in [-0.2, -0.15) is 4.99 Å². The molecule has 3 aromatic rings. The van der Waals surface area contributed by atoms with Crippen LogP contribution in [0.25, 0.3) is 0 Å². The number of nitrogens with zero attached hydrogens (tertiary/aromatic N) is 4. The Morgan fingerprint density at radius 1 is 1.20 bits per heavy atom. The van der Waals surface area contributed by atoms with Gasteiger partial charge in [-0.1, -0.05) is 67.1 Å². The van der Waals surface area contributed by atoms with Gasteiger partial charge in [0.25, 0.3) is 5.91 Å². The number of nitrogens with one attached hydrogen (secondary N) is 3. The zero-order valence-electron chi connectivity index (χ0n) is 18.9. The Bertz CT molecular complexity index is 1350. The molecule has 1 amide bonds. The average Bonchev–Trinajstić information content (AvgIpc) is 3.36. The van der Waals surface area contributed by atoms with Crippen molar-refractivity contribution >= 4 is 51.5 Å². The van der Waals surface area contributed by atoms with Gasteiger partial charge in [-0.05, 0) is 24.1 Å². The van der Waals surface area contributed by atoms with Gasteiger partial charge < -0.3 is 15.4 Å². The van der Waals surface area contributed by atoms with Gasteiger partial charge in [0, 0.05) is 16.3 Å². The minimum Gasteiger partial charge on any atom is -0.484 e. The van der Waals surface area contributed by atoms with Gasteiger partial charge in [-0.15, -0.1) is 10.2 Å². The topological polar surface area (TPSA) is 113 Å².